The largest absolute Gasteiger partial charge is 0.462 e. The minimum absolute atomic E-state index is 0.117. The lowest BCUT2D eigenvalue weighted by atomic mass is 9.65. The summed E-state index contributed by atoms with van der Waals surface area (Å²) in [7, 11) is 0. The number of ether oxygens (including phenoxy) is 2. The molecule has 24 heavy (non-hydrogen) atoms. The van der Waals surface area contributed by atoms with Gasteiger partial charge in [-0.3, -0.25) is 4.79 Å². The highest BCUT2D eigenvalue weighted by atomic mass is 16.6. The third kappa shape index (κ3) is 2.71. The summed E-state index contributed by atoms with van der Waals surface area (Å²) in [5, 5.41) is 9.56. The normalized spacial score (nSPS) is 35.2. The Morgan fingerprint density at radius 2 is 2.00 bits per heavy atom. The van der Waals surface area contributed by atoms with Gasteiger partial charge in [0.25, 0.3) is 0 Å². The molecule has 2 saturated carbocycles. The zero-order valence-corrected chi connectivity index (χ0v) is 13.7. The molecule has 1 aromatic rings. The van der Waals surface area contributed by atoms with E-state index < -0.39 is 11.7 Å². The number of hydrogen-bond donors (Lipinski definition) is 1. The SMILES string of the molecule is CC(O)c1ccc(C(=O)OC23CC4CC(C2)OC(=O)C(C4)C3)cc1. The number of rotatable bonds is 3. The van der Waals surface area contributed by atoms with Crippen molar-refractivity contribution in [3.05, 3.63) is 35.4 Å². The second kappa shape index (κ2) is 5.59. The Kier molecular flexibility index (Phi) is 3.64. The number of aliphatic hydroxyl groups excluding tert-OH is 1. The van der Waals surface area contributed by atoms with Gasteiger partial charge < -0.3 is 14.6 Å². The predicted molar refractivity (Wildman–Crippen MR) is 85.2 cm³/mol. The molecule has 5 rings (SSSR count). The smallest absolute Gasteiger partial charge is 0.338 e. The molecule has 2 aliphatic carbocycles. The Hall–Kier alpha value is -1.88. The third-order valence-electron chi connectivity index (χ3n) is 5.65. The quantitative estimate of drug-likeness (QED) is 0.863. The summed E-state index contributed by atoms with van der Waals surface area (Å²) < 4.78 is 11.5. The van der Waals surface area contributed by atoms with Crippen LogP contribution >= 0.6 is 0 Å². The Balaban J connectivity index is 1.54. The van der Waals surface area contributed by atoms with E-state index in [1.54, 1.807) is 31.2 Å². The Morgan fingerprint density at radius 3 is 2.71 bits per heavy atom. The monoisotopic (exact) mass is 330 g/mol. The van der Waals surface area contributed by atoms with E-state index in [9.17, 15) is 14.7 Å². The van der Waals surface area contributed by atoms with Gasteiger partial charge in [0.15, 0.2) is 0 Å². The second-order valence-electron chi connectivity index (χ2n) is 7.58. The number of fused-ring (bicyclic) bond motifs is 1. The van der Waals surface area contributed by atoms with Crippen LogP contribution in [0.4, 0.5) is 0 Å². The molecule has 128 valence electrons. The number of carbonyl (C=O) groups is 2. The molecule has 1 aromatic carbocycles. The van der Waals surface area contributed by atoms with Crippen molar-refractivity contribution in [2.24, 2.45) is 11.8 Å². The van der Waals surface area contributed by atoms with E-state index in [1.165, 1.54) is 0 Å². The maximum absolute atomic E-state index is 12.6. The van der Waals surface area contributed by atoms with Gasteiger partial charge >= 0.3 is 11.9 Å². The summed E-state index contributed by atoms with van der Waals surface area (Å²) in [5.74, 6) is -0.219. The van der Waals surface area contributed by atoms with Gasteiger partial charge in [0, 0.05) is 12.8 Å². The number of aliphatic hydroxyl groups is 1. The fourth-order valence-corrected chi connectivity index (χ4v) is 4.65. The topological polar surface area (TPSA) is 72.8 Å². The molecule has 5 heteroatoms. The van der Waals surface area contributed by atoms with Crippen molar-refractivity contribution in [1.82, 2.24) is 0 Å². The van der Waals surface area contributed by atoms with Gasteiger partial charge in [0.1, 0.15) is 11.7 Å². The molecule has 5 nitrogen and oxygen atoms in total. The highest BCUT2D eigenvalue weighted by Crippen LogP contribution is 2.51. The standard InChI is InChI=1S/C19H22O5/c1-11(20)13-2-4-14(5-3-13)18(22)24-19-8-12-6-15(9-19)17(21)23-16(7-12)10-19/h2-5,11-12,15-16,20H,6-10H2,1H3. The molecule has 0 radical (unpaired) electrons. The van der Waals surface area contributed by atoms with Crippen LogP contribution in [0.3, 0.4) is 0 Å². The third-order valence-corrected chi connectivity index (χ3v) is 5.65. The van der Waals surface area contributed by atoms with E-state index in [1.807, 2.05) is 0 Å². The summed E-state index contributed by atoms with van der Waals surface area (Å²) in [6.45, 7) is 1.68. The number of carbonyl (C=O) groups excluding carboxylic acids is 2. The van der Waals surface area contributed by atoms with Crippen LogP contribution in [0.25, 0.3) is 0 Å². The molecule has 4 aliphatic rings. The van der Waals surface area contributed by atoms with Gasteiger partial charge in [0.2, 0.25) is 0 Å². The first-order valence-corrected chi connectivity index (χ1v) is 8.66. The lowest BCUT2D eigenvalue weighted by Gasteiger charge is -2.45. The van der Waals surface area contributed by atoms with Crippen molar-refractivity contribution in [2.45, 2.75) is 56.8 Å². The van der Waals surface area contributed by atoms with Crippen molar-refractivity contribution in [2.75, 3.05) is 0 Å². The van der Waals surface area contributed by atoms with Gasteiger partial charge in [-0.25, -0.2) is 4.79 Å². The molecule has 2 heterocycles. The molecule has 4 bridgehead atoms. The summed E-state index contributed by atoms with van der Waals surface area (Å²) in [5.41, 5.74) is 0.668. The molecule has 5 atom stereocenters. The zero-order chi connectivity index (χ0) is 16.9. The van der Waals surface area contributed by atoms with Gasteiger partial charge in [-0.15, -0.1) is 0 Å². The molecule has 1 N–H and O–H groups in total. The van der Waals surface area contributed by atoms with E-state index in [-0.39, 0.29) is 24.0 Å². The Labute approximate surface area is 141 Å². The van der Waals surface area contributed by atoms with Crippen molar-refractivity contribution >= 4 is 11.9 Å². The zero-order valence-electron chi connectivity index (χ0n) is 13.7. The van der Waals surface area contributed by atoms with Crippen molar-refractivity contribution in [3.8, 4) is 0 Å². The molecule has 0 aromatic heterocycles. The van der Waals surface area contributed by atoms with Crippen molar-refractivity contribution in [3.63, 3.8) is 0 Å². The molecular formula is C19H22O5. The molecule has 0 spiro atoms. The molecule has 2 aliphatic heterocycles. The van der Waals surface area contributed by atoms with Gasteiger partial charge in [-0.05, 0) is 49.8 Å². The first-order valence-electron chi connectivity index (χ1n) is 8.66. The van der Waals surface area contributed by atoms with Gasteiger partial charge in [-0.2, -0.15) is 0 Å². The average molecular weight is 330 g/mol. The number of hydrogen-bond acceptors (Lipinski definition) is 5. The van der Waals surface area contributed by atoms with Crippen LogP contribution in [0.15, 0.2) is 24.3 Å². The fraction of sp³-hybridized carbons (Fsp3) is 0.579. The molecule has 4 fully saturated rings. The lowest BCUT2D eigenvalue weighted by Crippen LogP contribution is -2.48. The molecule has 0 amide bonds. The molecule has 2 saturated heterocycles. The summed E-state index contributed by atoms with van der Waals surface area (Å²) in [4.78, 5) is 24.7. The van der Waals surface area contributed by atoms with Crippen molar-refractivity contribution < 1.29 is 24.2 Å². The maximum Gasteiger partial charge on any atom is 0.338 e. The minimum atomic E-state index is -0.567. The predicted octanol–water partition coefficient (Wildman–Crippen LogP) is 2.77. The van der Waals surface area contributed by atoms with Crippen LogP contribution in [0, 0.1) is 11.8 Å². The molecular weight excluding hydrogens is 308 g/mol. The first-order chi connectivity index (χ1) is 11.4. The van der Waals surface area contributed by atoms with Crippen LogP contribution < -0.4 is 0 Å². The van der Waals surface area contributed by atoms with Crippen LogP contribution in [-0.4, -0.2) is 28.8 Å². The second-order valence-corrected chi connectivity index (χ2v) is 7.58. The van der Waals surface area contributed by atoms with E-state index in [0.717, 1.165) is 24.8 Å². The van der Waals surface area contributed by atoms with E-state index >= 15 is 0 Å². The number of benzene rings is 1. The van der Waals surface area contributed by atoms with Crippen LogP contribution in [0.1, 0.15) is 61.1 Å². The first kappa shape index (κ1) is 15.6. The summed E-state index contributed by atoms with van der Waals surface area (Å²) in [6, 6.07) is 6.83. The minimum Gasteiger partial charge on any atom is -0.462 e. The molecule has 5 unspecified atom stereocenters. The number of esters is 2. The lowest BCUT2D eigenvalue weighted by molar-refractivity contribution is -0.151. The highest BCUT2D eigenvalue weighted by Gasteiger charge is 2.54. The van der Waals surface area contributed by atoms with E-state index in [0.29, 0.717) is 24.3 Å². The van der Waals surface area contributed by atoms with Crippen LogP contribution in [-0.2, 0) is 14.3 Å². The Morgan fingerprint density at radius 1 is 1.25 bits per heavy atom. The van der Waals surface area contributed by atoms with E-state index in [4.69, 9.17) is 9.47 Å². The van der Waals surface area contributed by atoms with Gasteiger partial charge in [0.05, 0.1) is 17.6 Å². The summed E-state index contributed by atoms with van der Waals surface area (Å²) in [6.07, 6.45) is 3.09. The Bertz CT molecular complexity index is 665. The highest BCUT2D eigenvalue weighted by molar-refractivity contribution is 5.89. The average Bonchev–Trinajstić information content (AvgIpc) is 2.69. The van der Waals surface area contributed by atoms with Gasteiger partial charge in [-0.1, -0.05) is 12.1 Å². The fourth-order valence-electron chi connectivity index (χ4n) is 4.65. The maximum atomic E-state index is 12.6. The summed E-state index contributed by atoms with van der Waals surface area (Å²) >= 11 is 0. The van der Waals surface area contributed by atoms with Crippen LogP contribution in [0.2, 0.25) is 0 Å². The van der Waals surface area contributed by atoms with Crippen molar-refractivity contribution in [1.29, 1.82) is 0 Å². The van der Waals surface area contributed by atoms with Crippen LogP contribution in [0.5, 0.6) is 0 Å². The van der Waals surface area contributed by atoms with E-state index in [2.05, 4.69) is 0 Å².